The molecule has 2 heterocycles. The minimum absolute atomic E-state index is 0.108. The molecule has 0 bridgehead atoms. The van der Waals surface area contributed by atoms with E-state index in [2.05, 4.69) is 16.3 Å². The van der Waals surface area contributed by atoms with Gasteiger partial charge in [0.05, 0.1) is 12.9 Å². The molecule has 0 amide bonds. The Morgan fingerprint density at radius 1 is 1.83 bits per heavy atom. The maximum absolute atomic E-state index is 11.2. The first-order chi connectivity index (χ1) is 5.83. The molecule has 1 saturated heterocycles. The first-order valence-corrected chi connectivity index (χ1v) is 4.11. The molecule has 4 nitrogen and oxygen atoms in total. The molecule has 2 aliphatic heterocycles. The molecule has 0 radical (unpaired) electrons. The molecule has 0 aromatic rings. The third-order valence-electron chi connectivity index (χ3n) is 2.34. The summed E-state index contributed by atoms with van der Waals surface area (Å²) in [7, 11) is 1.43. The Balaban J connectivity index is 2.10. The molecule has 0 aromatic heterocycles. The molecule has 4 heteroatoms. The number of hydrogen-bond acceptors (Lipinski definition) is 4. The number of ether oxygens (including phenoxy) is 1. The lowest BCUT2D eigenvalue weighted by molar-refractivity contribution is -0.144. The Hall–Kier alpha value is -1.19. The summed E-state index contributed by atoms with van der Waals surface area (Å²) < 4.78 is 4.69. The van der Waals surface area contributed by atoms with E-state index in [1.807, 2.05) is 0 Å². The molecule has 1 atom stereocenters. The van der Waals surface area contributed by atoms with Crippen LogP contribution in [0, 0.1) is 0 Å². The number of nitrogens with zero attached hydrogens (tertiary/aromatic N) is 1. The maximum atomic E-state index is 11.2. The van der Waals surface area contributed by atoms with Gasteiger partial charge in [-0.2, -0.15) is 0 Å². The maximum Gasteiger partial charge on any atom is 0.330 e. The Kier molecular flexibility index (Phi) is 1.67. The normalized spacial score (nSPS) is 26.2. The summed E-state index contributed by atoms with van der Waals surface area (Å²) in [6.45, 7) is 1.61. The molecule has 66 valence electrons. The van der Waals surface area contributed by atoms with Crippen LogP contribution in [0.3, 0.4) is 0 Å². The van der Waals surface area contributed by atoms with E-state index in [1.54, 1.807) is 0 Å². The van der Waals surface area contributed by atoms with Crippen LogP contribution in [0.1, 0.15) is 6.42 Å². The minimum Gasteiger partial charge on any atom is -0.467 e. The van der Waals surface area contributed by atoms with Crippen molar-refractivity contribution in [1.82, 2.24) is 10.2 Å². The summed E-state index contributed by atoms with van der Waals surface area (Å²) in [5.41, 5.74) is 0. The topological polar surface area (TPSA) is 41.6 Å². The van der Waals surface area contributed by atoms with Gasteiger partial charge in [0.25, 0.3) is 0 Å². The SMILES string of the molecule is COC(=O)C1CNC2=CCCN21. The van der Waals surface area contributed by atoms with Gasteiger partial charge < -0.3 is 15.0 Å². The van der Waals surface area contributed by atoms with Crippen molar-refractivity contribution in [2.75, 3.05) is 20.2 Å². The van der Waals surface area contributed by atoms with E-state index in [-0.39, 0.29) is 12.0 Å². The van der Waals surface area contributed by atoms with Gasteiger partial charge in [-0.25, -0.2) is 4.79 Å². The van der Waals surface area contributed by atoms with Gasteiger partial charge in [0, 0.05) is 13.1 Å². The van der Waals surface area contributed by atoms with Crippen molar-refractivity contribution in [1.29, 1.82) is 0 Å². The number of rotatable bonds is 1. The van der Waals surface area contributed by atoms with Crippen LogP contribution in [0.5, 0.6) is 0 Å². The number of nitrogens with one attached hydrogen (secondary N) is 1. The van der Waals surface area contributed by atoms with E-state index < -0.39 is 0 Å². The molecule has 1 fully saturated rings. The van der Waals surface area contributed by atoms with Crippen LogP contribution < -0.4 is 5.32 Å². The van der Waals surface area contributed by atoms with Crippen molar-refractivity contribution in [3.8, 4) is 0 Å². The molecular weight excluding hydrogens is 156 g/mol. The van der Waals surface area contributed by atoms with E-state index in [4.69, 9.17) is 4.74 Å². The molecule has 0 spiro atoms. The van der Waals surface area contributed by atoms with Crippen LogP contribution in [-0.4, -0.2) is 37.1 Å². The standard InChI is InChI=1S/C8H12N2O2/c1-12-8(11)6-5-9-7-3-2-4-10(6)7/h3,6,9H,2,4-5H2,1H3. The van der Waals surface area contributed by atoms with E-state index in [9.17, 15) is 4.79 Å². The van der Waals surface area contributed by atoms with Crippen molar-refractivity contribution in [3.05, 3.63) is 11.9 Å². The van der Waals surface area contributed by atoms with Gasteiger partial charge in [0.1, 0.15) is 6.04 Å². The smallest absolute Gasteiger partial charge is 0.330 e. The zero-order valence-corrected chi connectivity index (χ0v) is 7.04. The number of methoxy groups -OCH3 is 1. The van der Waals surface area contributed by atoms with Crippen molar-refractivity contribution in [2.24, 2.45) is 0 Å². The van der Waals surface area contributed by atoms with Crippen molar-refractivity contribution >= 4 is 5.97 Å². The van der Waals surface area contributed by atoms with Gasteiger partial charge in [0.2, 0.25) is 0 Å². The van der Waals surface area contributed by atoms with Gasteiger partial charge in [-0.05, 0) is 12.5 Å². The highest BCUT2D eigenvalue weighted by atomic mass is 16.5. The fourth-order valence-electron chi connectivity index (χ4n) is 1.73. The quantitative estimate of drug-likeness (QED) is 0.545. The van der Waals surface area contributed by atoms with Crippen LogP contribution in [0.25, 0.3) is 0 Å². The van der Waals surface area contributed by atoms with Crippen molar-refractivity contribution in [2.45, 2.75) is 12.5 Å². The van der Waals surface area contributed by atoms with Crippen molar-refractivity contribution < 1.29 is 9.53 Å². The Morgan fingerprint density at radius 2 is 2.67 bits per heavy atom. The second kappa shape index (κ2) is 2.69. The number of fused-ring (bicyclic) bond motifs is 1. The summed E-state index contributed by atoms with van der Waals surface area (Å²) in [4.78, 5) is 13.3. The lowest BCUT2D eigenvalue weighted by Gasteiger charge is -2.19. The second-order valence-corrected chi connectivity index (χ2v) is 2.99. The van der Waals surface area contributed by atoms with Crippen LogP contribution in [0.4, 0.5) is 0 Å². The number of carbonyl (C=O) groups is 1. The second-order valence-electron chi connectivity index (χ2n) is 2.99. The third-order valence-corrected chi connectivity index (χ3v) is 2.34. The van der Waals surface area contributed by atoms with E-state index in [0.717, 1.165) is 18.8 Å². The first kappa shape index (κ1) is 7.46. The molecular formula is C8H12N2O2. The molecule has 1 N–H and O–H groups in total. The Labute approximate surface area is 71.2 Å². The highest BCUT2D eigenvalue weighted by Gasteiger charge is 2.35. The lowest BCUT2D eigenvalue weighted by atomic mass is 10.3. The molecule has 0 aliphatic carbocycles. The zero-order chi connectivity index (χ0) is 8.55. The fraction of sp³-hybridized carbons (Fsp3) is 0.625. The highest BCUT2D eigenvalue weighted by molar-refractivity contribution is 5.77. The molecule has 0 aromatic carbocycles. The lowest BCUT2D eigenvalue weighted by Crippen LogP contribution is -2.36. The van der Waals surface area contributed by atoms with Crippen LogP contribution >= 0.6 is 0 Å². The van der Waals surface area contributed by atoms with Crippen molar-refractivity contribution in [3.63, 3.8) is 0 Å². The van der Waals surface area contributed by atoms with Gasteiger partial charge in [0.15, 0.2) is 0 Å². The minimum atomic E-state index is -0.146. The van der Waals surface area contributed by atoms with E-state index >= 15 is 0 Å². The Morgan fingerprint density at radius 3 is 3.42 bits per heavy atom. The predicted molar refractivity (Wildman–Crippen MR) is 43.2 cm³/mol. The third kappa shape index (κ3) is 0.948. The van der Waals surface area contributed by atoms with Gasteiger partial charge in [-0.3, -0.25) is 0 Å². The van der Waals surface area contributed by atoms with Crippen LogP contribution in [0.2, 0.25) is 0 Å². The summed E-state index contributed by atoms with van der Waals surface area (Å²) in [6.07, 6.45) is 3.14. The van der Waals surface area contributed by atoms with E-state index in [0.29, 0.717) is 6.54 Å². The largest absolute Gasteiger partial charge is 0.467 e. The summed E-state index contributed by atoms with van der Waals surface area (Å²) in [5.74, 6) is 0.943. The fourth-order valence-corrected chi connectivity index (χ4v) is 1.73. The number of carbonyl (C=O) groups excluding carboxylic acids is 1. The molecule has 12 heavy (non-hydrogen) atoms. The number of hydrogen-bond donors (Lipinski definition) is 1. The number of esters is 1. The van der Waals surface area contributed by atoms with Gasteiger partial charge >= 0.3 is 5.97 Å². The monoisotopic (exact) mass is 168 g/mol. The molecule has 0 saturated carbocycles. The highest BCUT2D eigenvalue weighted by Crippen LogP contribution is 2.21. The van der Waals surface area contributed by atoms with E-state index in [1.165, 1.54) is 7.11 Å². The average molecular weight is 168 g/mol. The predicted octanol–water partition coefficient (Wildman–Crippen LogP) is -0.322. The summed E-state index contributed by atoms with van der Waals surface area (Å²) in [6, 6.07) is -0.108. The van der Waals surface area contributed by atoms with Crippen LogP contribution in [-0.2, 0) is 9.53 Å². The Bertz CT molecular complexity index is 237. The zero-order valence-electron chi connectivity index (χ0n) is 7.04. The average Bonchev–Trinajstić information content (AvgIpc) is 2.62. The molecule has 1 unspecified atom stereocenters. The summed E-state index contributed by atoms with van der Waals surface area (Å²) in [5, 5.41) is 3.17. The first-order valence-electron chi connectivity index (χ1n) is 4.11. The molecule has 2 rings (SSSR count). The van der Waals surface area contributed by atoms with Gasteiger partial charge in [-0.1, -0.05) is 0 Å². The summed E-state index contributed by atoms with van der Waals surface area (Å²) >= 11 is 0. The molecule has 2 aliphatic rings. The van der Waals surface area contributed by atoms with Crippen LogP contribution in [0.15, 0.2) is 11.9 Å². The van der Waals surface area contributed by atoms with Gasteiger partial charge in [-0.15, -0.1) is 0 Å².